The minimum atomic E-state index is 0.940. The van der Waals surface area contributed by atoms with Crippen molar-refractivity contribution in [3.05, 3.63) is 60.7 Å². The van der Waals surface area contributed by atoms with Crippen molar-refractivity contribution < 1.29 is 0 Å². The van der Waals surface area contributed by atoms with E-state index < -0.39 is 0 Å². The third-order valence-electron chi connectivity index (χ3n) is 3.35. The highest BCUT2D eigenvalue weighted by Crippen LogP contribution is 2.27. The zero-order valence-corrected chi connectivity index (χ0v) is 11.6. The molecule has 3 aromatic rings. The largest absolute Gasteiger partial charge is 0.370 e. The van der Waals surface area contributed by atoms with Gasteiger partial charge >= 0.3 is 0 Å². The van der Waals surface area contributed by atoms with Crippen LogP contribution in [0.15, 0.2) is 60.7 Å². The van der Waals surface area contributed by atoms with Crippen molar-refractivity contribution in [3.63, 3.8) is 0 Å². The van der Waals surface area contributed by atoms with Gasteiger partial charge in [-0.05, 0) is 17.9 Å². The van der Waals surface area contributed by atoms with Gasteiger partial charge in [0, 0.05) is 17.5 Å². The summed E-state index contributed by atoms with van der Waals surface area (Å²) < 4.78 is 0. The van der Waals surface area contributed by atoms with Crippen LogP contribution in [0.5, 0.6) is 0 Å². The molecule has 2 heteroatoms. The van der Waals surface area contributed by atoms with E-state index in [1.54, 1.807) is 0 Å². The number of nitrogens with one attached hydrogen (secondary N) is 1. The lowest BCUT2D eigenvalue weighted by molar-refractivity contribution is 0.972. The van der Waals surface area contributed by atoms with Crippen LogP contribution in [0.4, 0.5) is 5.82 Å². The molecule has 0 amide bonds. The average molecular weight is 262 g/mol. The van der Waals surface area contributed by atoms with Crippen molar-refractivity contribution in [1.29, 1.82) is 0 Å². The van der Waals surface area contributed by atoms with Crippen LogP contribution >= 0.6 is 0 Å². The van der Waals surface area contributed by atoms with E-state index >= 15 is 0 Å². The van der Waals surface area contributed by atoms with E-state index in [4.69, 9.17) is 4.98 Å². The molecule has 0 radical (unpaired) electrons. The van der Waals surface area contributed by atoms with Crippen molar-refractivity contribution >= 4 is 16.6 Å². The molecule has 0 saturated carbocycles. The van der Waals surface area contributed by atoms with Crippen LogP contribution in [0.2, 0.25) is 0 Å². The maximum atomic E-state index is 4.80. The molecule has 0 aliphatic carbocycles. The SMILES string of the molecule is CCCNc1nc(-c2ccccc2)cc2ccccc12. The Morgan fingerprint density at radius 2 is 1.70 bits per heavy atom. The van der Waals surface area contributed by atoms with Crippen LogP contribution < -0.4 is 5.32 Å². The predicted octanol–water partition coefficient (Wildman–Crippen LogP) is 4.72. The summed E-state index contributed by atoms with van der Waals surface area (Å²) in [6.45, 7) is 3.10. The second-order valence-electron chi connectivity index (χ2n) is 4.87. The predicted molar refractivity (Wildman–Crippen MR) is 86.0 cm³/mol. The minimum absolute atomic E-state index is 0.940. The molecule has 0 fully saturated rings. The van der Waals surface area contributed by atoms with Crippen LogP contribution in [0.3, 0.4) is 0 Å². The lowest BCUT2D eigenvalue weighted by Gasteiger charge is -2.11. The number of fused-ring (bicyclic) bond motifs is 1. The molecule has 0 saturated heterocycles. The topological polar surface area (TPSA) is 24.9 Å². The Morgan fingerprint density at radius 3 is 2.50 bits per heavy atom. The van der Waals surface area contributed by atoms with Crippen molar-refractivity contribution in [2.75, 3.05) is 11.9 Å². The zero-order chi connectivity index (χ0) is 13.8. The molecule has 0 bridgehead atoms. The van der Waals surface area contributed by atoms with Gasteiger partial charge in [-0.3, -0.25) is 0 Å². The summed E-state index contributed by atoms with van der Waals surface area (Å²) >= 11 is 0. The van der Waals surface area contributed by atoms with Crippen molar-refractivity contribution in [1.82, 2.24) is 4.98 Å². The third kappa shape index (κ3) is 2.50. The number of aromatic nitrogens is 1. The number of anilines is 1. The van der Waals surface area contributed by atoms with E-state index in [2.05, 4.69) is 54.7 Å². The molecule has 100 valence electrons. The molecule has 3 rings (SSSR count). The smallest absolute Gasteiger partial charge is 0.134 e. The Balaban J connectivity index is 2.14. The fourth-order valence-electron chi connectivity index (χ4n) is 2.33. The molecule has 0 atom stereocenters. The van der Waals surface area contributed by atoms with E-state index in [1.165, 1.54) is 10.8 Å². The van der Waals surface area contributed by atoms with Gasteiger partial charge in [0.1, 0.15) is 5.82 Å². The molecule has 2 nitrogen and oxygen atoms in total. The standard InChI is InChI=1S/C18H18N2/c1-2-12-19-18-16-11-7-6-10-15(16)13-17(20-18)14-8-4-3-5-9-14/h3-11,13H,2,12H2,1H3,(H,19,20). The first kappa shape index (κ1) is 12.7. The number of nitrogens with zero attached hydrogens (tertiary/aromatic N) is 1. The summed E-state index contributed by atoms with van der Waals surface area (Å²) in [5, 5.41) is 5.84. The first-order valence-electron chi connectivity index (χ1n) is 7.07. The van der Waals surface area contributed by atoms with E-state index in [0.29, 0.717) is 0 Å². The molecule has 0 aliphatic heterocycles. The number of hydrogen-bond donors (Lipinski definition) is 1. The molecular weight excluding hydrogens is 244 g/mol. The number of rotatable bonds is 4. The number of pyridine rings is 1. The highest BCUT2D eigenvalue weighted by molar-refractivity contribution is 5.94. The van der Waals surface area contributed by atoms with Crippen molar-refractivity contribution in [2.45, 2.75) is 13.3 Å². The second kappa shape index (κ2) is 5.74. The average Bonchev–Trinajstić information content (AvgIpc) is 2.53. The van der Waals surface area contributed by atoms with Gasteiger partial charge in [-0.15, -0.1) is 0 Å². The van der Waals surface area contributed by atoms with Gasteiger partial charge in [-0.25, -0.2) is 4.98 Å². The second-order valence-corrected chi connectivity index (χ2v) is 4.87. The fourth-order valence-corrected chi connectivity index (χ4v) is 2.33. The molecule has 0 spiro atoms. The Morgan fingerprint density at radius 1 is 0.950 bits per heavy atom. The highest BCUT2D eigenvalue weighted by atomic mass is 15.0. The Bertz CT molecular complexity index is 705. The van der Waals surface area contributed by atoms with Crippen LogP contribution in [0.25, 0.3) is 22.0 Å². The third-order valence-corrected chi connectivity index (χ3v) is 3.35. The summed E-state index contributed by atoms with van der Waals surface area (Å²) in [4.78, 5) is 4.80. The zero-order valence-electron chi connectivity index (χ0n) is 11.6. The lowest BCUT2D eigenvalue weighted by atomic mass is 10.1. The molecule has 0 unspecified atom stereocenters. The summed E-state index contributed by atoms with van der Waals surface area (Å²) in [6.07, 6.45) is 1.09. The Kier molecular flexibility index (Phi) is 3.64. The van der Waals surface area contributed by atoms with Crippen LogP contribution in [-0.4, -0.2) is 11.5 Å². The van der Waals surface area contributed by atoms with Gasteiger partial charge < -0.3 is 5.32 Å². The maximum absolute atomic E-state index is 4.80. The summed E-state index contributed by atoms with van der Waals surface area (Å²) in [6, 6.07) is 20.9. The van der Waals surface area contributed by atoms with Gasteiger partial charge in [0.2, 0.25) is 0 Å². The van der Waals surface area contributed by atoms with Crippen LogP contribution in [0.1, 0.15) is 13.3 Å². The molecule has 2 aromatic carbocycles. The van der Waals surface area contributed by atoms with Gasteiger partial charge in [-0.1, -0.05) is 61.5 Å². The van der Waals surface area contributed by atoms with Crippen molar-refractivity contribution in [2.24, 2.45) is 0 Å². The minimum Gasteiger partial charge on any atom is -0.370 e. The normalized spacial score (nSPS) is 10.7. The van der Waals surface area contributed by atoms with Crippen LogP contribution in [0, 0.1) is 0 Å². The first-order valence-corrected chi connectivity index (χ1v) is 7.07. The highest BCUT2D eigenvalue weighted by Gasteiger charge is 2.06. The quantitative estimate of drug-likeness (QED) is 0.735. The molecule has 1 heterocycles. The molecule has 1 N–H and O–H groups in total. The molecule has 1 aromatic heterocycles. The molecule has 20 heavy (non-hydrogen) atoms. The van der Waals surface area contributed by atoms with Gasteiger partial charge in [-0.2, -0.15) is 0 Å². The summed E-state index contributed by atoms with van der Waals surface area (Å²) in [5.74, 6) is 0.976. The number of benzene rings is 2. The first-order chi connectivity index (χ1) is 9.88. The maximum Gasteiger partial charge on any atom is 0.134 e. The van der Waals surface area contributed by atoms with E-state index in [9.17, 15) is 0 Å². The fraction of sp³-hybridized carbons (Fsp3) is 0.167. The lowest BCUT2D eigenvalue weighted by Crippen LogP contribution is -2.03. The van der Waals surface area contributed by atoms with E-state index in [0.717, 1.165) is 30.0 Å². The van der Waals surface area contributed by atoms with Gasteiger partial charge in [0.15, 0.2) is 0 Å². The Labute approximate surface area is 119 Å². The van der Waals surface area contributed by atoms with Crippen molar-refractivity contribution in [3.8, 4) is 11.3 Å². The molecule has 0 aliphatic rings. The van der Waals surface area contributed by atoms with E-state index in [-0.39, 0.29) is 0 Å². The van der Waals surface area contributed by atoms with Gasteiger partial charge in [0.25, 0.3) is 0 Å². The Hall–Kier alpha value is -2.35. The summed E-state index contributed by atoms with van der Waals surface area (Å²) in [5.41, 5.74) is 2.17. The van der Waals surface area contributed by atoms with Gasteiger partial charge in [0.05, 0.1) is 5.69 Å². The molecular formula is C18H18N2. The monoisotopic (exact) mass is 262 g/mol. The summed E-state index contributed by atoms with van der Waals surface area (Å²) in [7, 11) is 0. The number of hydrogen-bond acceptors (Lipinski definition) is 2. The van der Waals surface area contributed by atoms with E-state index in [1.807, 2.05) is 18.2 Å². The van der Waals surface area contributed by atoms with Crippen LogP contribution in [-0.2, 0) is 0 Å².